The molecule has 2 heterocycles. The van der Waals surface area contributed by atoms with E-state index in [1.165, 1.54) is 16.0 Å². The highest BCUT2D eigenvalue weighted by molar-refractivity contribution is 7.12. The molecule has 0 radical (unpaired) electrons. The molecule has 2 aromatic heterocycles. The van der Waals surface area contributed by atoms with Crippen LogP contribution in [0.3, 0.4) is 0 Å². The molecule has 2 aromatic carbocycles. The first-order valence-corrected chi connectivity index (χ1v) is 9.97. The number of amides is 1. The van der Waals surface area contributed by atoms with E-state index in [-0.39, 0.29) is 18.5 Å². The molecule has 1 unspecified atom stereocenters. The Bertz CT molecular complexity index is 1150. The summed E-state index contributed by atoms with van der Waals surface area (Å²) in [5.41, 5.74) is 2.61. The van der Waals surface area contributed by atoms with Crippen LogP contribution in [0.4, 0.5) is 0 Å². The number of nitrogens with zero attached hydrogens (tertiary/aromatic N) is 4. The highest BCUT2D eigenvalue weighted by atomic mass is 32.1. The van der Waals surface area contributed by atoms with Crippen molar-refractivity contribution in [2.24, 2.45) is 0 Å². The number of carbonyl (C=O) groups excluding carboxylic acids is 1. The lowest BCUT2D eigenvalue weighted by molar-refractivity contribution is -0.122. The Kier molecular flexibility index (Phi) is 5.35. The molecule has 1 N–H and O–H groups in total. The van der Waals surface area contributed by atoms with Crippen molar-refractivity contribution in [2.45, 2.75) is 19.5 Å². The largest absolute Gasteiger partial charge is 0.369 e. The second-order valence-electron chi connectivity index (χ2n) is 6.60. The quantitative estimate of drug-likeness (QED) is 0.535. The fourth-order valence-corrected chi connectivity index (χ4v) is 3.68. The van der Waals surface area contributed by atoms with E-state index in [9.17, 15) is 9.59 Å². The van der Waals surface area contributed by atoms with Gasteiger partial charge >= 0.3 is 5.69 Å². The number of hydrogen-bond donors (Lipinski definition) is 1. The molecular weight excluding hydrogens is 386 g/mol. The van der Waals surface area contributed by atoms with Gasteiger partial charge in [0.05, 0.1) is 6.04 Å². The predicted octanol–water partition coefficient (Wildman–Crippen LogP) is 2.70. The minimum Gasteiger partial charge on any atom is -0.344 e. The van der Waals surface area contributed by atoms with E-state index < -0.39 is 5.69 Å². The number of aryl methyl sites for hydroxylation is 1. The third-order valence-corrected chi connectivity index (χ3v) is 5.34. The molecule has 0 saturated heterocycles. The van der Waals surface area contributed by atoms with Crippen molar-refractivity contribution in [1.82, 2.24) is 25.1 Å². The summed E-state index contributed by atoms with van der Waals surface area (Å²) < 4.78 is 2.25. The minimum absolute atomic E-state index is 0.209. The van der Waals surface area contributed by atoms with Crippen molar-refractivity contribution >= 4 is 17.2 Å². The van der Waals surface area contributed by atoms with Crippen LogP contribution in [0, 0.1) is 6.92 Å². The first-order chi connectivity index (χ1) is 14.1. The first kappa shape index (κ1) is 18.8. The molecule has 0 spiro atoms. The highest BCUT2D eigenvalue weighted by Gasteiger charge is 2.19. The second-order valence-corrected chi connectivity index (χ2v) is 7.53. The summed E-state index contributed by atoms with van der Waals surface area (Å²) in [4.78, 5) is 25.2. The lowest BCUT2D eigenvalue weighted by atomic mass is 9.98. The molecule has 4 aromatic rings. The maximum atomic E-state index is 12.7. The number of hydrogen-bond acceptors (Lipinski definition) is 5. The van der Waals surface area contributed by atoms with Crippen LogP contribution in [0.5, 0.6) is 0 Å². The zero-order chi connectivity index (χ0) is 20.2. The second kappa shape index (κ2) is 8.24. The summed E-state index contributed by atoms with van der Waals surface area (Å²) in [5, 5.41) is 13.2. The molecule has 29 heavy (non-hydrogen) atoms. The number of aromatic nitrogens is 4. The van der Waals surface area contributed by atoms with Gasteiger partial charge in [0.25, 0.3) is 0 Å². The van der Waals surface area contributed by atoms with E-state index in [4.69, 9.17) is 0 Å². The lowest BCUT2D eigenvalue weighted by Gasteiger charge is -2.20. The van der Waals surface area contributed by atoms with Crippen LogP contribution in [-0.2, 0) is 11.3 Å². The van der Waals surface area contributed by atoms with E-state index in [2.05, 4.69) is 15.7 Å². The van der Waals surface area contributed by atoms with E-state index >= 15 is 0 Å². The molecule has 0 aliphatic heterocycles. The van der Waals surface area contributed by atoms with E-state index in [0.29, 0.717) is 5.00 Å². The number of tetrazole rings is 1. The average Bonchev–Trinajstić information content (AvgIpc) is 3.38. The van der Waals surface area contributed by atoms with Crippen molar-refractivity contribution in [3.05, 3.63) is 99.3 Å². The van der Waals surface area contributed by atoms with Gasteiger partial charge in [-0.1, -0.05) is 60.2 Å². The molecule has 0 aliphatic rings. The molecule has 0 aliphatic carbocycles. The van der Waals surface area contributed by atoms with E-state index in [0.717, 1.165) is 21.4 Å². The summed E-state index contributed by atoms with van der Waals surface area (Å²) in [7, 11) is 0. The van der Waals surface area contributed by atoms with Crippen LogP contribution in [0.15, 0.2) is 76.9 Å². The van der Waals surface area contributed by atoms with Crippen LogP contribution in [0.2, 0.25) is 0 Å². The van der Waals surface area contributed by atoms with Crippen molar-refractivity contribution in [1.29, 1.82) is 0 Å². The van der Waals surface area contributed by atoms with Gasteiger partial charge in [0.2, 0.25) is 5.91 Å². The Morgan fingerprint density at radius 2 is 1.72 bits per heavy atom. The maximum Gasteiger partial charge on any atom is 0.369 e. The zero-order valence-corrected chi connectivity index (χ0v) is 16.5. The van der Waals surface area contributed by atoms with Crippen LogP contribution in [0.1, 0.15) is 22.7 Å². The number of rotatable bonds is 6. The third-order valence-electron chi connectivity index (χ3n) is 4.50. The molecule has 1 atom stereocenters. The molecule has 1 amide bonds. The van der Waals surface area contributed by atoms with Gasteiger partial charge in [0.1, 0.15) is 11.5 Å². The Balaban J connectivity index is 1.56. The van der Waals surface area contributed by atoms with Crippen molar-refractivity contribution in [3.63, 3.8) is 0 Å². The average molecular weight is 405 g/mol. The molecule has 8 heteroatoms. The van der Waals surface area contributed by atoms with Crippen molar-refractivity contribution in [3.8, 4) is 5.00 Å². The first-order valence-electron chi connectivity index (χ1n) is 9.09. The topological polar surface area (TPSA) is 81.8 Å². The van der Waals surface area contributed by atoms with Gasteiger partial charge < -0.3 is 5.32 Å². The van der Waals surface area contributed by atoms with Crippen LogP contribution < -0.4 is 11.0 Å². The molecule has 4 rings (SSSR count). The fraction of sp³-hybridized carbons (Fsp3) is 0.143. The standard InChI is InChI=1S/C21H19N5O2S/c1-15-9-11-17(12-10-15)20(16-6-3-2-4-7-16)22-18(27)14-25-21(28)26(24-23-25)19-8-5-13-29-19/h2-13,20H,14H2,1H3,(H,22,27). The van der Waals surface area contributed by atoms with Gasteiger partial charge in [-0.25, -0.2) is 4.79 Å². The summed E-state index contributed by atoms with van der Waals surface area (Å²) in [6.07, 6.45) is 0. The number of benzene rings is 2. The van der Waals surface area contributed by atoms with Gasteiger partial charge in [0.15, 0.2) is 0 Å². The molecule has 0 bridgehead atoms. The van der Waals surface area contributed by atoms with Gasteiger partial charge in [-0.2, -0.15) is 9.36 Å². The van der Waals surface area contributed by atoms with Gasteiger partial charge in [-0.15, -0.1) is 11.3 Å². The SMILES string of the molecule is Cc1ccc(C(NC(=O)Cn2nnn(-c3cccs3)c2=O)c2ccccc2)cc1. The van der Waals surface area contributed by atoms with Crippen LogP contribution in [-0.4, -0.2) is 25.7 Å². The van der Waals surface area contributed by atoms with Crippen molar-refractivity contribution in [2.75, 3.05) is 0 Å². The summed E-state index contributed by atoms with van der Waals surface area (Å²) >= 11 is 1.38. The van der Waals surface area contributed by atoms with E-state index in [1.54, 1.807) is 6.07 Å². The van der Waals surface area contributed by atoms with Gasteiger partial charge in [-0.05, 0) is 46.0 Å². The Morgan fingerprint density at radius 1 is 1.00 bits per heavy atom. The van der Waals surface area contributed by atoms with E-state index in [1.807, 2.05) is 73.0 Å². The summed E-state index contributed by atoms with van der Waals surface area (Å²) in [5.74, 6) is -0.320. The molecule has 0 saturated carbocycles. The predicted molar refractivity (Wildman–Crippen MR) is 111 cm³/mol. The zero-order valence-electron chi connectivity index (χ0n) is 15.7. The maximum absolute atomic E-state index is 12.7. The fourth-order valence-electron chi connectivity index (χ4n) is 3.01. The normalized spacial score (nSPS) is 11.9. The molecular formula is C21H19N5O2S. The Morgan fingerprint density at radius 3 is 2.41 bits per heavy atom. The number of thiophene rings is 1. The Hall–Kier alpha value is -3.52. The Labute approximate surface area is 171 Å². The number of nitrogens with one attached hydrogen (secondary N) is 1. The smallest absolute Gasteiger partial charge is 0.344 e. The van der Waals surface area contributed by atoms with Gasteiger partial charge in [0, 0.05) is 0 Å². The minimum atomic E-state index is -0.450. The molecule has 7 nitrogen and oxygen atoms in total. The van der Waals surface area contributed by atoms with Crippen LogP contribution in [0.25, 0.3) is 5.00 Å². The van der Waals surface area contributed by atoms with Crippen molar-refractivity contribution < 1.29 is 4.79 Å². The molecule has 0 fully saturated rings. The monoisotopic (exact) mass is 405 g/mol. The highest BCUT2D eigenvalue weighted by Crippen LogP contribution is 2.22. The molecule has 146 valence electrons. The number of carbonyl (C=O) groups is 1. The summed E-state index contributed by atoms with van der Waals surface area (Å²) in [6.45, 7) is 1.81. The van der Waals surface area contributed by atoms with Crippen LogP contribution >= 0.6 is 11.3 Å². The van der Waals surface area contributed by atoms with Gasteiger partial charge in [-0.3, -0.25) is 4.79 Å². The third kappa shape index (κ3) is 4.17. The summed E-state index contributed by atoms with van der Waals surface area (Å²) in [6, 6.07) is 21.0. The lowest BCUT2D eigenvalue weighted by Crippen LogP contribution is -2.36.